The summed E-state index contributed by atoms with van der Waals surface area (Å²) < 4.78 is 5.09. The molecule has 0 N–H and O–H groups in total. The van der Waals surface area contributed by atoms with Gasteiger partial charge in [0.05, 0.1) is 17.8 Å². The maximum Gasteiger partial charge on any atom is 0.119 e. The lowest BCUT2D eigenvalue weighted by molar-refractivity contribution is 0.414. The minimum absolute atomic E-state index is 0.758. The van der Waals surface area contributed by atoms with Crippen molar-refractivity contribution in [3.05, 3.63) is 23.8 Å². The predicted octanol–water partition coefficient (Wildman–Crippen LogP) is 2.98. The van der Waals surface area contributed by atoms with Gasteiger partial charge < -0.3 is 4.74 Å². The first-order valence-electron chi connectivity index (χ1n) is 4.02. The summed E-state index contributed by atoms with van der Waals surface area (Å²) >= 11 is 4.12. The molecule has 13 heavy (non-hydrogen) atoms. The molecule has 0 saturated heterocycles. The second-order valence-corrected chi connectivity index (χ2v) is 3.46. The summed E-state index contributed by atoms with van der Waals surface area (Å²) in [5, 5.41) is 0.758. The van der Waals surface area contributed by atoms with Gasteiger partial charge in [-0.1, -0.05) is 0 Å². The van der Waals surface area contributed by atoms with Gasteiger partial charge in [-0.3, -0.25) is 0 Å². The van der Waals surface area contributed by atoms with Gasteiger partial charge in [-0.2, -0.15) is 0 Å². The predicted molar refractivity (Wildman–Crippen MR) is 59.5 cm³/mol. The Morgan fingerprint density at radius 3 is 2.62 bits per heavy atom. The van der Waals surface area contributed by atoms with Gasteiger partial charge in [-0.15, -0.1) is 12.6 Å². The molecule has 0 radical (unpaired) electrons. The maximum absolute atomic E-state index is 5.09. The normalized spacial score (nSPS) is 11.5. The zero-order valence-electron chi connectivity index (χ0n) is 8.03. The van der Waals surface area contributed by atoms with Crippen molar-refractivity contribution in [3.63, 3.8) is 0 Å². The second kappa shape index (κ2) is 4.33. The number of aliphatic imine (C=N–C) groups is 1. The van der Waals surface area contributed by atoms with Crippen LogP contribution in [0.3, 0.4) is 0 Å². The van der Waals surface area contributed by atoms with Crippen LogP contribution in [0.5, 0.6) is 5.75 Å². The third-order valence-electron chi connectivity index (χ3n) is 1.69. The van der Waals surface area contributed by atoms with Crippen molar-refractivity contribution in [2.75, 3.05) is 7.11 Å². The molecule has 0 aliphatic carbocycles. The van der Waals surface area contributed by atoms with Crippen molar-refractivity contribution in [1.82, 2.24) is 0 Å². The van der Waals surface area contributed by atoms with Gasteiger partial charge in [0, 0.05) is 0 Å². The second-order valence-electron chi connectivity index (χ2n) is 2.81. The number of aryl methyl sites for hydroxylation is 1. The summed E-state index contributed by atoms with van der Waals surface area (Å²) in [5.74, 6) is 0.855. The van der Waals surface area contributed by atoms with Gasteiger partial charge in [-0.25, -0.2) is 4.99 Å². The molecular formula is C10H13NOS. The quantitative estimate of drug-likeness (QED) is 0.437. The van der Waals surface area contributed by atoms with Crippen LogP contribution >= 0.6 is 12.6 Å². The van der Waals surface area contributed by atoms with Crippen molar-refractivity contribution in [2.45, 2.75) is 13.8 Å². The average Bonchev–Trinajstić information content (AvgIpc) is 2.08. The van der Waals surface area contributed by atoms with E-state index in [0.717, 1.165) is 22.0 Å². The van der Waals surface area contributed by atoms with E-state index >= 15 is 0 Å². The van der Waals surface area contributed by atoms with Crippen LogP contribution in [-0.4, -0.2) is 12.2 Å². The molecule has 3 heteroatoms. The lowest BCUT2D eigenvalue weighted by Gasteiger charge is -2.03. The number of hydrogen-bond donors (Lipinski definition) is 1. The third-order valence-corrected chi connectivity index (χ3v) is 1.79. The molecule has 70 valence electrons. The van der Waals surface area contributed by atoms with Crippen LogP contribution in [0.4, 0.5) is 5.69 Å². The molecule has 0 aliphatic rings. The van der Waals surface area contributed by atoms with Crippen molar-refractivity contribution in [2.24, 2.45) is 4.99 Å². The van der Waals surface area contributed by atoms with E-state index < -0.39 is 0 Å². The molecule has 2 nitrogen and oxygen atoms in total. The summed E-state index contributed by atoms with van der Waals surface area (Å²) in [4.78, 5) is 4.26. The summed E-state index contributed by atoms with van der Waals surface area (Å²) in [7, 11) is 1.65. The average molecular weight is 195 g/mol. The van der Waals surface area contributed by atoms with Crippen molar-refractivity contribution in [3.8, 4) is 5.75 Å². The number of thiol groups is 1. The molecule has 0 heterocycles. The number of methoxy groups -OCH3 is 1. The first kappa shape index (κ1) is 10.1. The Hall–Kier alpha value is -0.960. The van der Waals surface area contributed by atoms with Crippen LogP contribution in [0, 0.1) is 6.92 Å². The minimum Gasteiger partial charge on any atom is -0.497 e. The molecule has 0 atom stereocenters. The van der Waals surface area contributed by atoms with Crippen molar-refractivity contribution >= 4 is 23.4 Å². The Morgan fingerprint density at radius 1 is 1.46 bits per heavy atom. The molecule has 1 aromatic carbocycles. The van der Waals surface area contributed by atoms with Crippen molar-refractivity contribution in [1.29, 1.82) is 0 Å². The molecule has 0 aliphatic heterocycles. The smallest absolute Gasteiger partial charge is 0.119 e. The number of rotatable bonds is 2. The van der Waals surface area contributed by atoms with E-state index in [9.17, 15) is 0 Å². The summed E-state index contributed by atoms with van der Waals surface area (Å²) in [6, 6.07) is 5.77. The Kier molecular flexibility index (Phi) is 3.37. The monoisotopic (exact) mass is 195 g/mol. The van der Waals surface area contributed by atoms with Crippen molar-refractivity contribution < 1.29 is 4.74 Å². The van der Waals surface area contributed by atoms with Gasteiger partial charge >= 0.3 is 0 Å². The molecule has 0 amide bonds. The molecule has 0 aromatic heterocycles. The highest BCUT2D eigenvalue weighted by Crippen LogP contribution is 2.23. The molecular weight excluding hydrogens is 182 g/mol. The van der Waals surface area contributed by atoms with E-state index in [1.54, 1.807) is 7.11 Å². The summed E-state index contributed by atoms with van der Waals surface area (Å²) in [5.41, 5.74) is 2.03. The van der Waals surface area contributed by atoms with Crippen LogP contribution in [0.25, 0.3) is 0 Å². The van der Waals surface area contributed by atoms with E-state index in [1.165, 1.54) is 0 Å². The molecule has 0 saturated carbocycles. The minimum atomic E-state index is 0.758. The fraction of sp³-hybridized carbons (Fsp3) is 0.300. The third kappa shape index (κ3) is 2.77. The topological polar surface area (TPSA) is 21.6 Å². The lowest BCUT2D eigenvalue weighted by Crippen LogP contribution is -1.84. The maximum atomic E-state index is 5.09. The van der Waals surface area contributed by atoms with Gasteiger partial charge in [0.25, 0.3) is 0 Å². The zero-order valence-corrected chi connectivity index (χ0v) is 8.93. The highest BCUT2D eigenvalue weighted by molar-refractivity contribution is 7.96. The summed E-state index contributed by atoms with van der Waals surface area (Å²) in [6.45, 7) is 3.85. The molecule has 0 fully saturated rings. The highest BCUT2D eigenvalue weighted by Gasteiger charge is 1.98. The SMILES string of the molecule is COc1ccc(/N=C(/C)S)c(C)c1. The fourth-order valence-corrected chi connectivity index (χ4v) is 1.16. The van der Waals surface area contributed by atoms with E-state index in [-0.39, 0.29) is 0 Å². The molecule has 1 aromatic rings. The first-order chi connectivity index (χ1) is 6.13. The van der Waals surface area contributed by atoms with Gasteiger partial charge in [0.15, 0.2) is 0 Å². The number of benzene rings is 1. The molecule has 0 unspecified atom stereocenters. The molecule has 1 rings (SSSR count). The van der Waals surface area contributed by atoms with E-state index in [2.05, 4.69) is 17.6 Å². The van der Waals surface area contributed by atoms with Gasteiger partial charge in [0.1, 0.15) is 5.75 Å². The van der Waals surface area contributed by atoms with Crippen LogP contribution in [0.1, 0.15) is 12.5 Å². The Bertz CT molecular complexity index is 330. The number of nitrogens with zero attached hydrogens (tertiary/aromatic N) is 1. The molecule has 0 bridgehead atoms. The standard InChI is InChI=1S/C10H13NOS/c1-7-6-9(12-3)4-5-10(7)11-8(2)13/h4-6H,1-3H3,(H,11,13). The zero-order chi connectivity index (χ0) is 9.84. The van der Waals surface area contributed by atoms with Crippen LogP contribution in [0.2, 0.25) is 0 Å². The first-order valence-corrected chi connectivity index (χ1v) is 4.47. The Morgan fingerprint density at radius 2 is 2.15 bits per heavy atom. The van der Waals surface area contributed by atoms with Crippen LogP contribution in [-0.2, 0) is 0 Å². The largest absolute Gasteiger partial charge is 0.497 e. The van der Waals surface area contributed by atoms with E-state index in [1.807, 2.05) is 32.0 Å². The fourth-order valence-electron chi connectivity index (χ4n) is 1.05. The van der Waals surface area contributed by atoms with Gasteiger partial charge in [-0.05, 0) is 37.6 Å². The summed E-state index contributed by atoms with van der Waals surface area (Å²) in [6.07, 6.45) is 0. The van der Waals surface area contributed by atoms with E-state index in [4.69, 9.17) is 4.74 Å². The van der Waals surface area contributed by atoms with Crippen LogP contribution in [0.15, 0.2) is 23.2 Å². The van der Waals surface area contributed by atoms with Gasteiger partial charge in [0.2, 0.25) is 0 Å². The number of hydrogen-bond acceptors (Lipinski definition) is 2. The Labute approximate surface area is 84.1 Å². The molecule has 0 spiro atoms. The van der Waals surface area contributed by atoms with E-state index in [0.29, 0.717) is 0 Å². The van der Waals surface area contributed by atoms with Crippen LogP contribution < -0.4 is 4.74 Å². The Balaban J connectivity index is 3.05. The lowest BCUT2D eigenvalue weighted by atomic mass is 10.2. The number of ether oxygens (including phenoxy) is 1. The highest BCUT2D eigenvalue weighted by atomic mass is 32.1.